The predicted molar refractivity (Wildman–Crippen MR) is 33.9 cm³/mol. The first kappa shape index (κ1) is 7.23. The Morgan fingerprint density at radius 2 is 2.25 bits per heavy atom. The molecular weight excluding hydrogens is 104 g/mol. The van der Waals surface area contributed by atoms with Gasteiger partial charge in [0, 0.05) is 13.5 Å². The van der Waals surface area contributed by atoms with E-state index in [0.717, 1.165) is 6.42 Å². The third-order valence-electron chi connectivity index (χ3n) is 0.648. The molecule has 0 spiro atoms. The maximum atomic E-state index is 5.30. The Morgan fingerprint density at radius 3 is 2.38 bits per heavy atom. The van der Waals surface area contributed by atoms with Crippen molar-refractivity contribution in [1.29, 1.82) is 0 Å². The highest BCUT2D eigenvalue weighted by Crippen LogP contribution is 1.76. The molecule has 0 heterocycles. The van der Waals surface area contributed by atoms with Gasteiger partial charge >= 0.3 is 0 Å². The zero-order chi connectivity index (χ0) is 6.57. The summed E-state index contributed by atoms with van der Waals surface area (Å²) < 4.78 is 0. The summed E-state index contributed by atoms with van der Waals surface area (Å²) in [6.07, 6.45) is 0.738. The molecule has 0 rings (SSSR count). The predicted octanol–water partition coefficient (Wildman–Crippen LogP) is -0.526. The first-order chi connectivity index (χ1) is 3.66. The molecule has 0 bridgehead atoms. The summed E-state index contributed by atoms with van der Waals surface area (Å²) in [4.78, 5) is 0. The van der Waals surface area contributed by atoms with Crippen molar-refractivity contribution in [3.05, 3.63) is 0 Å². The molecule has 0 aromatic heterocycles. The fraction of sp³-hybridized carbons (Fsp3) is 0.750. The van der Waals surface area contributed by atoms with Crippen LogP contribution in [-0.2, 0) is 0 Å². The Morgan fingerprint density at radius 1 is 1.75 bits per heavy atom. The number of hydrazine groups is 1. The van der Waals surface area contributed by atoms with Crippen LogP contribution >= 0.6 is 0 Å². The van der Waals surface area contributed by atoms with Crippen LogP contribution in [-0.4, -0.2) is 18.0 Å². The van der Waals surface area contributed by atoms with Crippen molar-refractivity contribution in [1.82, 2.24) is 5.12 Å². The van der Waals surface area contributed by atoms with Crippen molar-refractivity contribution in [3.63, 3.8) is 0 Å². The number of hydrogen-bond acceptors (Lipinski definition) is 3. The molecule has 0 saturated carbocycles. The van der Waals surface area contributed by atoms with E-state index in [0.29, 0.717) is 5.84 Å². The number of amidine groups is 1. The van der Waals surface area contributed by atoms with Gasteiger partial charge in [-0.05, 0) is 0 Å². The molecule has 0 saturated heterocycles. The van der Waals surface area contributed by atoms with Gasteiger partial charge in [-0.2, -0.15) is 0 Å². The molecule has 4 N–H and O–H groups in total. The van der Waals surface area contributed by atoms with Crippen LogP contribution in [0.4, 0.5) is 0 Å². The van der Waals surface area contributed by atoms with Crippen molar-refractivity contribution >= 4 is 5.84 Å². The largest absolute Gasteiger partial charge is 0.386 e. The van der Waals surface area contributed by atoms with E-state index in [1.807, 2.05) is 6.92 Å². The molecule has 0 aliphatic carbocycles. The summed E-state index contributed by atoms with van der Waals surface area (Å²) in [5.41, 5.74) is 5.30. The van der Waals surface area contributed by atoms with Crippen LogP contribution in [0.15, 0.2) is 5.10 Å². The average molecular weight is 116 g/mol. The summed E-state index contributed by atoms with van der Waals surface area (Å²) in [6, 6.07) is 0. The molecule has 0 unspecified atom stereocenters. The molecule has 0 atom stereocenters. The van der Waals surface area contributed by atoms with Gasteiger partial charge in [-0.3, -0.25) is 0 Å². The first-order valence-corrected chi connectivity index (χ1v) is 2.48. The van der Waals surface area contributed by atoms with E-state index in [1.165, 1.54) is 5.12 Å². The quantitative estimate of drug-likeness (QED) is 0.221. The van der Waals surface area contributed by atoms with Gasteiger partial charge in [-0.1, -0.05) is 6.92 Å². The van der Waals surface area contributed by atoms with Gasteiger partial charge in [0.1, 0.15) is 5.84 Å². The van der Waals surface area contributed by atoms with E-state index >= 15 is 0 Å². The summed E-state index contributed by atoms with van der Waals surface area (Å²) in [6.45, 7) is 1.92. The maximum absolute atomic E-state index is 5.30. The monoisotopic (exact) mass is 116 g/mol. The fourth-order valence-electron chi connectivity index (χ4n) is 0.273. The van der Waals surface area contributed by atoms with Gasteiger partial charge in [0.2, 0.25) is 0 Å². The highest BCUT2D eigenvalue weighted by Gasteiger charge is 1.84. The van der Waals surface area contributed by atoms with Crippen molar-refractivity contribution in [3.8, 4) is 0 Å². The average Bonchev–Trinajstić information content (AvgIpc) is 1.65. The number of hydrogen-bond donors (Lipinski definition) is 2. The van der Waals surface area contributed by atoms with E-state index in [2.05, 4.69) is 5.10 Å². The van der Waals surface area contributed by atoms with Crippen LogP contribution in [0.3, 0.4) is 0 Å². The minimum Gasteiger partial charge on any atom is -0.386 e. The lowest BCUT2D eigenvalue weighted by Crippen LogP contribution is -2.24. The van der Waals surface area contributed by atoms with Crippen LogP contribution in [0.1, 0.15) is 13.3 Å². The normalized spacial score (nSPS) is 11.6. The summed E-state index contributed by atoms with van der Waals surface area (Å²) in [5, 5.41) is 4.89. The summed E-state index contributed by atoms with van der Waals surface area (Å²) in [5.74, 6) is 5.69. The molecule has 0 aliphatic rings. The van der Waals surface area contributed by atoms with E-state index in [4.69, 9.17) is 11.6 Å². The number of nitrogens with zero attached hydrogens (tertiary/aromatic N) is 2. The van der Waals surface area contributed by atoms with E-state index in [9.17, 15) is 0 Å². The van der Waals surface area contributed by atoms with Crippen LogP contribution in [0.25, 0.3) is 0 Å². The topological polar surface area (TPSA) is 67.6 Å². The molecule has 0 radical (unpaired) electrons. The van der Waals surface area contributed by atoms with Gasteiger partial charge in [-0.25, -0.2) is 11.0 Å². The van der Waals surface area contributed by atoms with Gasteiger partial charge < -0.3 is 5.73 Å². The van der Waals surface area contributed by atoms with Gasteiger partial charge in [0.05, 0.1) is 0 Å². The van der Waals surface area contributed by atoms with Crippen molar-refractivity contribution in [2.45, 2.75) is 13.3 Å². The van der Waals surface area contributed by atoms with Crippen LogP contribution in [0, 0.1) is 0 Å². The van der Waals surface area contributed by atoms with Gasteiger partial charge in [0.25, 0.3) is 0 Å². The molecule has 0 fully saturated rings. The first-order valence-electron chi connectivity index (χ1n) is 2.48. The third-order valence-corrected chi connectivity index (χ3v) is 0.648. The molecule has 0 amide bonds. The zero-order valence-electron chi connectivity index (χ0n) is 5.26. The molecular formula is C4H12N4. The maximum Gasteiger partial charge on any atom is 0.121 e. The van der Waals surface area contributed by atoms with Crippen LogP contribution < -0.4 is 11.6 Å². The second kappa shape index (κ2) is 3.26. The Bertz CT molecular complexity index is 86.0. The van der Waals surface area contributed by atoms with Crippen LogP contribution in [0.2, 0.25) is 0 Å². The van der Waals surface area contributed by atoms with Crippen LogP contribution in [0.5, 0.6) is 0 Å². The van der Waals surface area contributed by atoms with Crippen molar-refractivity contribution < 1.29 is 0 Å². The number of hydrazone groups is 1. The van der Waals surface area contributed by atoms with E-state index in [-0.39, 0.29) is 0 Å². The molecule has 0 aromatic rings. The van der Waals surface area contributed by atoms with Crippen molar-refractivity contribution in [2.24, 2.45) is 16.7 Å². The Balaban J connectivity index is 3.56. The Hall–Kier alpha value is -0.770. The van der Waals surface area contributed by atoms with Gasteiger partial charge in [0.15, 0.2) is 0 Å². The minimum absolute atomic E-state index is 0.551. The lowest BCUT2D eigenvalue weighted by atomic mass is 10.5. The SMILES string of the molecule is CC/C(N)=N/N(C)N. The highest BCUT2D eigenvalue weighted by molar-refractivity contribution is 5.79. The molecule has 8 heavy (non-hydrogen) atoms. The van der Waals surface area contributed by atoms with Crippen molar-refractivity contribution in [2.75, 3.05) is 7.05 Å². The standard InChI is InChI=1S/C4H12N4/c1-3-4(5)7-8(2)6/h3,6H2,1-2H3,(H2,5,7). The Kier molecular flexibility index (Phi) is 2.95. The lowest BCUT2D eigenvalue weighted by Gasteiger charge is -2.03. The lowest BCUT2D eigenvalue weighted by molar-refractivity contribution is 0.370. The van der Waals surface area contributed by atoms with E-state index in [1.54, 1.807) is 7.05 Å². The molecule has 0 aromatic carbocycles. The smallest absolute Gasteiger partial charge is 0.121 e. The van der Waals surface area contributed by atoms with Gasteiger partial charge in [-0.15, -0.1) is 5.10 Å². The second-order valence-electron chi connectivity index (χ2n) is 1.52. The van der Waals surface area contributed by atoms with E-state index < -0.39 is 0 Å². The Labute approximate surface area is 49.1 Å². The zero-order valence-corrected chi connectivity index (χ0v) is 5.26. The highest BCUT2D eigenvalue weighted by atomic mass is 15.6. The third kappa shape index (κ3) is 3.42. The summed E-state index contributed by atoms with van der Waals surface area (Å²) >= 11 is 0. The second-order valence-corrected chi connectivity index (χ2v) is 1.52. The molecule has 48 valence electrons. The fourth-order valence-corrected chi connectivity index (χ4v) is 0.273. The number of nitrogens with two attached hydrogens (primary N) is 2. The molecule has 4 nitrogen and oxygen atoms in total. The minimum atomic E-state index is 0.551. The number of rotatable bonds is 2. The molecule has 0 aliphatic heterocycles. The molecule has 4 heteroatoms. The summed E-state index contributed by atoms with van der Waals surface area (Å²) in [7, 11) is 1.63.